The number of sulfonamides is 1. The minimum Gasteiger partial charge on any atom is -0.329 e. The molecule has 0 saturated carbocycles. The highest BCUT2D eigenvalue weighted by Crippen LogP contribution is 2.14. The number of halogens is 2. The van der Waals surface area contributed by atoms with Gasteiger partial charge in [0.2, 0.25) is 10.0 Å². The normalized spacial score (nSPS) is 11.4. The first kappa shape index (κ1) is 11.9. The molecule has 0 radical (unpaired) electrons. The second-order valence-corrected chi connectivity index (χ2v) is 4.71. The molecule has 4 nitrogen and oxygen atoms in total. The zero-order chi connectivity index (χ0) is 11.5. The fourth-order valence-electron chi connectivity index (χ4n) is 0.998. The summed E-state index contributed by atoms with van der Waals surface area (Å²) in [7, 11) is -3.63. The molecule has 15 heavy (non-hydrogen) atoms. The highest BCUT2D eigenvalue weighted by molar-refractivity contribution is 7.92. The van der Waals surface area contributed by atoms with Crippen LogP contribution < -0.4 is 10.5 Å². The minimum absolute atomic E-state index is 0.0624. The predicted octanol–water partition coefficient (Wildman–Crippen LogP) is 0.665. The van der Waals surface area contributed by atoms with Gasteiger partial charge in [0.15, 0.2) is 0 Å². The van der Waals surface area contributed by atoms with Crippen molar-refractivity contribution in [3.63, 3.8) is 0 Å². The molecule has 0 heterocycles. The van der Waals surface area contributed by atoms with E-state index in [4.69, 9.17) is 5.73 Å². The summed E-state index contributed by atoms with van der Waals surface area (Å²) >= 11 is 0. The molecule has 1 aromatic rings. The van der Waals surface area contributed by atoms with E-state index in [-0.39, 0.29) is 18.0 Å². The standard InChI is InChI=1S/C8H10F2N2O2S/c9-6-3-7(10)5-8(4-6)12-15(13,14)2-1-11/h3-5,12H,1-2,11H2. The van der Waals surface area contributed by atoms with Gasteiger partial charge in [-0.1, -0.05) is 0 Å². The van der Waals surface area contributed by atoms with E-state index >= 15 is 0 Å². The van der Waals surface area contributed by atoms with Crippen LogP contribution in [0.1, 0.15) is 0 Å². The van der Waals surface area contributed by atoms with Crippen molar-refractivity contribution in [1.82, 2.24) is 0 Å². The number of nitrogens with one attached hydrogen (secondary N) is 1. The van der Waals surface area contributed by atoms with Crippen molar-refractivity contribution in [3.8, 4) is 0 Å². The predicted molar refractivity (Wildman–Crippen MR) is 52.8 cm³/mol. The first-order valence-corrected chi connectivity index (χ1v) is 5.75. The number of nitrogens with two attached hydrogens (primary N) is 1. The van der Waals surface area contributed by atoms with Gasteiger partial charge in [-0.25, -0.2) is 17.2 Å². The van der Waals surface area contributed by atoms with Crippen LogP contribution in [0.4, 0.5) is 14.5 Å². The average molecular weight is 236 g/mol. The largest absolute Gasteiger partial charge is 0.329 e. The highest BCUT2D eigenvalue weighted by Gasteiger charge is 2.10. The van der Waals surface area contributed by atoms with Crippen LogP contribution in [0.5, 0.6) is 0 Å². The van der Waals surface area contributed by atoms with Crippen molar-refractivity contribution < 1.29 is 17.2 Å². The smallest absolute Gasteiger partial charge is 0.233 e. The molecule has 0 atom stereocenters. The third kappa shape index (κ3) is 3.80. The third-order valence-corrected chi connectivity index (χ3v) is 2.84. The molecule has 1 aromatic carbocycles. The van der Waals surface area contributed by atoms with Crippen molar-refractivity contribution in [1.29, 1.82) is 0 Å². The maximum absolute atomic E-state index is 12.7. The lowest BCUT2D eigenvalue weighted by Gasteiger charge is -2.06. The Morgan fingerprint density at radius 1 is 1.20 bits per heavy atom. The summed E-state index contributed by atoms with van der Waals surface area (Å²) < 4.78 is 49.8. The quantitative estimate of drug-likeness (QED) is 0.806. The monoisotopic (exact) mass is 236 g/mol. The molecule has 7 heteroatoms. The Labute approximate surface area is 86.1 Å². The van der Waals surface area contributed by atoms with Gasteiger partial charge in [-0.2, -0.15) is 0 Å². The van der Waals surface area contributed by atoms with Crippen molar-refractivity contribution in [2.24, 2.45) is 5.73 Å². The molecule has 0 aromatic heterocycles. The van der Waals surface area contributed by atoms with Crippen LogP contribution in [-0.4, -0.2) is 20.7 Å². The lowest BCUT2D eigenvalue weighted by atomic mass is 10.3. The zero-order valence-electron chi connectivity index (χ0n) is 7.70. The summed E-state index contributed by atoms with van der Waals surface area (Å²) in [6, 6.07) is 2.43. The molecule has 0 aliphatic heterocycles. The number of benzene rings is 1. The second-order valence-electron chi connectivity index (χ2n) is 2.87. The molecular formula is C8H10F2N2O2S. The molecule has 0 fully saturated rings. The molecule has 0 aliphatic rings. The van der Waals surface area contributed by atoms with Crippen LogP contribution >= 0.6 is 0 Å². The number of hydrogen-bond acceptors (Lipinski definition) is 3. The Bertz CT molecular complexity index is 428. The molecule has 0 bridgehead atoms. The van der Waals surface area contributed by atoms with Crippen LogP contribution in [0, 0.1) is 11.6 Å². The van der Waals surface area contributed by atoms with Crippen LogP contribution in [0.15, 0.2) is 18.2 Å². The van der Waals surface area contributed by atoms with Gasteiger partial charge in [-0.05, 0) is 12.1 Å². The Morgan fingerprint density at radius 3 is 2.20 bits per heavy atom. The van der Waals surface area contributed by atoms with E-state index in [0.717, 1.165) is 12.1 Å². The number of hydrogen-bond donors (Lipinski definition) is 2. The van der Waals surface area contributed by atoms with E-state index < -0.39 is 21.7 Å². The SMILES string of the molecule is NCCS(=O)(=O)Nc1cc(F)cc(F)c1. The first-order chi connectivity index (χ1) is 6.93. The maximum atomic E-state index is 12.7. The summed E-state index contributed by atoms with van der Waals surface area (Å²) in [5.74, 6) is -1.99. The average Bonchev–Trinajstić information content (AvgIpc) is 1.99. The maximum Gasteiger partial charge on any atom is 0.233 e. The van der Waals surface area contributed by atoms with Gasteiger partial charge in [0.25, 0.3) is 0 Å². The van der Waals surface area contributed by atoms with Gasteiger partial charge < -0.3 is 5.73 Å². The first-order valence-electron chi connectivity index (χ1n) is 4.09. The van der Waals surface area contributed by atoms with Crippen molar-refractivity contribution >= 4 is 15.7 Å². The highest BCUT2D eigenvalue weighted by atomic mass is 32.2. The van der Waals surface area contributed by atoms with E-state index in [1.54, 1.807) is 0 Å². The fraction of sp³-hybridized carbons (Fsp3) is 0.250. The van der Waals surface area contributed by atoms with Crippen LogP contribution in [0.3, 0.4) is 0 Å². The van der Waals surface area contributed by atoms with Crippen LogP contribution in [0.25, 0.3) is 0 Å². The number of anilines is 1. The summed E-state index contributed by atoms with van der Waals surface area (Å²) in [5.41, 5.74) is 4.91. The van der Waals surface area contributed by atoms with Gasteiger partial charge in [0.05, 0.1) is 11.4 Å². The fourth-order valence-corrected chi connectivity index (χ4v) is 1.89. The third-order valence-electron chi connectivity index (χ3n) is 1.52. The van der Waals surface area contributed by atoms with E-state index in [1.807, 2.05) is 4.72 Å². The minimum atomic E-state index is -3.63. The summed E-state index contributed by atoms with van der Waals surface area (Å²) in [5, 5.41) is 0. The molecule has 84 valence electrons. The molecule has 0 aliphatic carbocycles. The van der Waals surface area contributed by atoms with Crippen molar-refractivity contribution in [2.75, 3.05) is 17.0 Å². The lowest BCUT2D eigenvalue weighted by molar-refractivity contribution is 0.584. The van der Waals surface area contributed by atoms with Gasteiger partial charge in [-0.3, -0.25) is 4.72 Å². The van der Waals surface area contributed by atoms with Gasteiger partial charge in [0.1, 0.15) is 11.6 Å². The van der Waals surface area contributed by atoms with Gasteiger partial charge in [-0.15, -0.1) is 0 Å². The van der Waals surface area contributed by atoms with Crippen LogP contribution in [-0.2, 0) is 10.0 Å². The molecule has 0 amide bonds. The Morgan fingerprint density at radius 2 is 1.73 bits per heavy atom. The van der Waals surface area contributed by atoms with E-state index in [2.05, 4.69) is 0 Å². The zero-order valence-corrected chi connectivity index (χ0v) is 8.52. The summed E-state index contributed by atoms with van der Waals surface area (Å²) in [6.07, 6.45) is 0. The van der Waals surface area contributed by atoms with Crippen LogP contribution in [0.2, 0.25) is 0 Å². The molecule has 0 unspecified atom stereocenters. The molecular weight excluding hydrogens is 226 g/mol. The Hall–Kier alpha value is -1.21. The summed E-state index contributed by atoms with van der Waals surface area (Å²) in [4.78, 5) is 0. The Kier molecular flexibility index (Phi) is 3.59. The van der Waals surface area contributed by atoms with E-state index in [1.165, 1.54) is 0 Å². The van der Waals surface area contributed by atoms with Gasteiger partial charge in [0, 0.05) is 12.6 Å². The van der Waals surface area contributed by atoms with E-state index in [0.29, 0.717) is 6.07 Å². The van der Waals surface area contributed by atoms with Crippen molar-refractivity contribution in [3.05, 3.63) is 29.8 Å². The topological polar surface area (TPSA) is 72.2 Å². The Balaban J connectivity index is 2.90. The summed E-state index contributed by atoms with van der Waals surface area (Å²) in [6.45, 7) is -0.0624. The lowest BCUT2D eigenvalue weighted by Crippen LogP contribution is -2.22. The second kappa shape index (κ2) is 4.54. The molecule has 1 rings (SSSR count). The molecule has 0 saturated heterocycles. The van der Waals surface area contributed by atoms with Crippen molar-refractivity contribution in [2.45, 2.75) is 0 Å². The van der Waals surface area contributed by atoms with Gasteiger partial charge >= 0.3 is 0 Å². The molecule has 3 N–H and O–H groups in total. The van der Waals surface area contributed by atoms with E-state index in [9.17, 15) is 17.2 Å². The number of rotatable bonds is 4. The molecule has 0 spiro atoms.